The van der Waals surface area contributed by atoms with Gasteiger partial charge in [-0.3, -0.25) is 0 Å². The molecule has 1 aliphatic heterocycles. The predicted octanol–water partition coefficient (Wildman–Crippen LogP) is 7.89. The fourth-order valence-electron chi connectivity index (χ4n) is 5.12. The van der Waals surface area contributed by atoms with Crippen molar-refractivity contribution in [1.29, 1.82) is 0 Å². The van der Waals surface area contributed by atoms with Crippen LogP contribution in [0.5, 0.6) is 17.2 Å². The van der Waals surface area contributed by atoms with Gasteiger partial charge < -0.3 is 28.7 Å². The zero-order valence-corrected chi connectivity index (χ0v) is 27.7. The van der Waals surface area contributed by atoms with Gasteiger partial charge in [-0.1, -0.05) is 17.7 Å². The minimum atomic E-state index is -0.558. The van der Waals surface area contributed by atoms with Gasteiger partial charge in [-0.2, -0.15) is 0 Å². The van der Waals surface area contributed by atoms with Gasteiger partial charge in [0, 0.05) is 42.0 Å². The Kier molecular flexibility index (Phi) is 9.79. The van der Waals surface area contributed by atoms with E-state index in [4.69, 9.17) is 35.5 Å². The molecular weight excluding hydrogens is 619 g/mol. The van der Waals surface area contributed by atoms with Gasteiger partial charge in [0.15, 0.2) is 11.5 Å². The Hall–Kier alpha value is -3.96. The molecule has 0 spiro atoms. The molecule has 0 aliphatic carbocycles. The normalized spacial score (nSPS) is 14.8. The zero-order valence-electron chi connectivity index (χ0n) is 26.1. The lowest BCUT2D eigenvalue weighted by molar-refractivity contribution is 0.0295. The number of hydrogen-bond acceptors (Lipinski definition) is 9. The minimum absolute atomic E-state index is 0.00291. The molecule has 1 unspecified atom stereocenters. The number of aromatic nitrogens is 2. The second kappa shape index (κ2) is 13.6. The van der Waals surface area contributed by atoms with Gasteiger partial charge in [-0.15, -0.1) is 11.8 Å². The van der Waals surface area contributed by atoms with Crippen molar-refractivity contribution >= 4 is 51.9 Å². The SMILES string of the molecule is COc1ccc(CN(c2ccc(F)c(Cl)c2)c2ncnc3cc(OC)c(SC4CCN(C(=O)OC(C)(C)C)C4)cc23)cc1OC. The van der Waals surface area contributed by atoms with Crippen molar-refractivity contribution in [2.75, 3.05) is 39.3 Å². The van der Waals surface area contributed by atoms with E-state index in [1.807, 2.05) is 56.0 Å². The number of thioether (sulfide) groups is 1. The van der Waals surface area contributed by atoms with Crippen LogP contribution in [0.15, 0.2) is 59.8 Å². The summed E-state index contributed by atoms with van der Waals surface area (Å²) in [6.07, 6.45) is 1.99. The third kappa shape index (κ3) is 7.48. The maximum atomic E-state index is 14.3. The maximum absolute atomic E-state index is 14.3. The quantitative estimate of drug-likeness (QED) is 0.179. The molecule has 238 valence electrons. The predicted molar refractivity (Wildman–Crippen MR) is 175 cm³/mol. The van der Waals surface area contributed by atoms with E-state index < -0.39 is 11.4 Å². The van der Waals surface area contributed by atoms with Gasteiger partial charge >= 0.3 is 6.09 Å². The molecule has 12 heteroatoms. The lowest BCUT2D eigenvalue weighted by Gasteiger charge is -2.26. The number of ether oxygens (including phenoxy) is 4. The molecule has 1 aromatic heterocycles. The number of methoxy groups -OCH3 is 3. The van der Waals surface area contributed by atoms with Crippen LogP contribution in [0, 0.1) is 5.82 Å². The molecule has 2 heterocycles. The summed E-state index contributed by atoms with van der Waals surface area (Å²) in [5.41, 5.74) is 1.66. The Bertz CT molecular complexity index is 1700. The molecule has 0 radical (unpaired) electrons. The van der Waals surface area contributed by atoms with E-state index in [9.17, 15) is 9.18 Å². The van der Waals surface area contributed by atoms with Gasteiger partial charge in [-0.25, -0.2) is 19.2 Å². The highest BCUT2D eigenvalue weighted by molar-refractivity contribution is 8.00. The highest BCUT2D eigenvalue weighted by Crippen LogP contribution is 2.42. The lowest BCUT2D eigenvalue weighted by Crippen LogP contribution is -2.35. The van der Waals surface area contributed by atoms with E-state index in [2.05, 4.69) is 4.98 Å². The molecular formula is C33H36ClFN4O5S. The largest absolute Gasteiger partial charge is 0.496 e. The number of anilines is 2. The molecule has 0 N–H and O–H groups in total. The average Bonchev–Trinajstić information content (AvgIpc) is 3.48. The molecule has 1 saturated heterocycles. The van der Waals surface area contributed by atoms with Crippen LogP contribution in [-0.2, 0) is 11.3 Å². The molecule has 4 aromatic rings. The monoisotopic (exact) mass is 654 g/mol. The molecule has 0 saturated carbocycles. The Balaban J connectivity index is 1.53. The van der Waals surface area contributed by atoms with E-state index in [0.29, 0.717) is 53.9 Å². The van der Waals surface area contributed by atoms with Crippen molar-refractivity contribution in [3.05, 3.63) is 71.3 Å². The standard InChI is InChI=1S/C33H36ClFN4O5S/c1-33(2,3)44-32(40)38-12-11-22(18-38)45-30-15-23-26(16-29(30)43-6)36-19-37-31(23)39(21-8-9-25(35)24(34)14-21)17-20-7-10-27(41-4)28(13-20)42-5/h7-10,13-16,19,22H,11-12,17-18H2,1-6H3. The number of benzene rings is 3. The maximum Gasteiger partial charge on any atom is 0.410 e. The molecule has 1 amide bonds. The summed E-state index contributed by atoms with van der Waals surface area (Å²) in [5.74, 6) is 1.95. The van der Waals surface area contributed by atoms with Gasteiger partial charge in [0.05, 0.1) is 36.8 Å². The summed E-state index contributed by atoms with van der Waals surface area (Å²) in [7, 11) is 4.79. The Morgan fingerprint density at radius 2 is 1.78 bits per heavy atom. The van der Waals surface area contributed by atoms with E-state index in [0.717, 1.165) is 22.3 Å². The molecule has 45 heavy (non-hydrogen) atoms. The van der Waals surface area contributed by atoms with Crippen LogP contribution in [0.25, 0.3) is 10.9 Å². The van der Waals surface area contributed by atoms with Crippen molar-refractivity contribution in [3.8, 4) is 17.2 Å². The first-order valence-corrected chi connectivity index (χ1v) is 15.7. The molecule has 5 rings (SSSR count). The summed E-state index contributed by atoms with van der Waals surface area (Å²) in [6, 6.07) is 14.1. The first kappa shape index (κ1) is 32.4. The van der Waals surface area contributed by atoms with E-state index in [1.54, 1.807) is 50.1 Å². The third-order valence-corrected chi connectivity index (χ3v) is 8.83. The number of carbonyl (C=O) groups is 1. The second-order valence-electron chi connectivity index (χ2n) is 11.5. The Morgan fingerprint density at radius 1 is 1.02 bits per heavy atom. The van der Waals surface area contributed by atoms with Crippen LogP contribution in [0.2, 0.25) is 5.02 Å². The van der Waals surface area contributed by atoms with Crippen molar-refractivity contribution in [2.45, 2.75) is 49.5 Å². The van der Waals surface area contributed by atoms with Crippen molar-refractivity contribution in [1.82, 2.24) is 14.9 Å². The van der Waals surface area contributed by atoms with Gasteiger partial charge in [0.1, 0.15) is 29.3 Å². The number of nitrogens with zero attached hydrogens (tertiary/aromatic N) is 4. The number of fused-ring (bicyclic) bond motifs is 1. The second-order valence-corrected chi connectivity index (χ2v) is 13.3. The summed E-state index contributed by atoms with van der Waals surface area (Å²) in [4.78, 5) is 26.5. The van der Waals surface area contributed by atoms with Crippen LogP contribution in [0.1, 0.15) is 32.8 Å². The fourth-order valence-corrected chi connectivity index (χ4v) is 6.57. The van der Waals surface area contributed by atoms with Crippen molar-refractivity contribution in [3.63, 3.8) is 0 Å². The third-order valence-electron chi connectivity index (χ3n) is 7.25. The topological polar surface area (TPSA) is 86.3 Å². The van der Waals surface area contributed by atoms with Gasteiger partial charge in [0.25, 0.3) is 0 Å². The number of amides is 1. The Morgan fingerprint density at radius 3 is 2.47 bits per heavy atom. The highest BCUT2D eigenvalue weighted by atomic mass is 35.5. The van der Waals surface area contributed by atoms with Gasteiger partial charge in [0.2, 0.25) is 0 Å². The number of likely N-dealkylation sites (tertiary alicyclic amines) is 1. The molecule has 9 nitrogen and oxygen atoms in total. The van der Waals surface area contributed by atoms with Crippen LogP contribution >= 0.6 is 23.4 Å². The molecule has 1 fully saturated rings. The minimum Gasteiger partial charge on any atom is -0.496 e. The highest BCUT2D eigenvalue weighted by Gasteiger charge is 2.31. The smallest absolute Gasteiger partial charge is 0.410 e. The van der Waals surface area contributed by atoms with Crippen LogP contribution in [-0.4, -0.2) is 66.2 Å². The van der Waals surface area contributed by atoms with Crippen LogP contribution in [0.3, 0.4) is 0 Å². The first-order chi connectivity index (χ1) is 21.5. The van der Waals surface area contributed by atoms with Crippen molar-refractivity contribution in [2.24, 2.45) is 0 Å². The summed E-state index contributed by atoms with van der Waals surface area (Å²) < 4.78 is 36.6. The average molecular weight is 655 g/mol. The number of hydrogen-bond donors (Lipinski definition) is 0. The molecule has 1 aliphatic rings. The molecule has 1 atom stereocenters. The van der Waals surface area contributed by atoms with Crippen LogP contribution < -0.4 is 19.1 Å². The number of carbonyl (C=O) groups excluding carboxylic acids is 1. The van der Waals surface area contributed by atoms with Crippen LogP contribution in [0.4, 0.5) is 20.7 Å². The van der Waals surface area contributed by atoms with E-state index >= 15 is 0 Å². The van der Waals surface area contributed by atoms with E-state index in [-0.39, 0.29) is 16.4 Å². The summed E-state index contributed by atoms with van der Waals surface area (Å²) in [6.45, 7) is 7.11. The zero-order chi connectivity index (χ0) is 32.3. The molecule has 3 aromatic carbocycles. The number of halogens is 2. The lowest BCUT2D eigenvalue weighted by atomic mass is 10.1. The summed E-state index contributed by atoms with van der Waals surface area (Å²) in [5, 5.41) is 0.899. The fraction of sp³-hybridized carbons (Fsp3) is 0.364. The van der Waals surface area contributed by atoms with E-state index in [1.165, 1.54) is 12.4 Å². The van der Waals surface area contributed by atoms with Crippen molar-refractivity contribution < 1.29 is 28.1 Å². The Labute approximate surface area is 271 Å². The number of rotatable bonds is 9. The van der Waals surface area contributed by atoms with Gasteiger partial charge in [-0.05, 0) is 69.2 Å². The summed E-state index contributed by atoms with van der Waals surface area (Å²) >= 11 is 7.90. The first-order valence-electron chi connectivity index (χ1n) is 14.4. The molecule has 0 bridgehead atoms.